The first-order valence-corrected chi connectivity index (χ1v) is 13.1. The fourth-order valence-corrected chi connectivity index (χ4v) is 5.77. The van der Waals surface area contributed by atoms with Gasteiger partial charge in [0.15, 0.2) is 0 Å². The van der Waals surface area contributed by atoms with Gasteiger partial charge in [-0.05, 0) is 84.7 Å². The molecule has 2 aliphatic rings. The molecule has 3 N–H and O–H groups in total. The summed E-state index contributed by atoms with van der Waals surface area (Å²) in [5.41, 5.74) is 9.53. The van der Waals surface area contributed by atoms with Crippen LogP contribution in [0.2, 0.25) is 0 Å². The third kappa shape index (κ3) is 4.83. The van der Waals surface area contributed by atoms with E-state index < -0.39 is 11.7 Å². The Kier molecular flexibility index (Phi) is 6.58. The number of anilines is 1. The molecule has 4 aromatic rings. The molecular formula is C30H27F3N4O3. The zero-order valence-corrected chi connectivity index (χ0v) is 21.7. The number of aromatic nitrogens is 2. The highest BCUT2D eigenvalue weighted by molar-refractivity contribution is 5.78. The van der Waals surface area contributed by atoms with E-state index in [1.807, 2.05) is 6.07 Å². The molecule has 0 saturated heterocycles. The van der Waals surface area contributed by atoms with Crippen molar-refractivity contribution >= 4 is 12.2 Å². The summed E-state index contributed by atoms with van der Waals surface area (Å²) in [4.78, 5) is 15.1. The van der Waals surface area contributed by atoms with Crippen molar-refractivity contribution < 1.29 is 27.2 Å². The number of hydrogen-bond donors (Lipinski definition) is 2. The molecule has 0 radical (unpaired) electrons. The molecule has 1 atom stereocenters. The summed E-state index contributed by atoms with van der Waals surface area (Å²) in [6.07, 6.45) is -0.987. The molecule has 3 aromatic carbocycles. The zero-order chi connectivity index (χ0) is 28.0. The number of hydrogen-bond acceptors (Lipinski definition) is 7. The molecule has 1 heterocycles. The van der Waals surface area contributed by atoms with Gasteiger partial charge in [-0.3, -0.25) is 4.79 Å². The van der Waals surface area contributed by atoms with Gasteiger partial charge in [-0.15, -0.1) is 0 Å². The molecule has 6 rings (SSSR count). The number of ether oxygens (including phenoxy) is 1. The van der Waals surface area contributed by atoms with Crippen molar-refractivity contribution in [1.29, 1.82) is 0 Å². The Morgan fingerprint density at radius 2 is 1.88 bits per heavy atom. The minimum absolute atomic E-state index is 0.0140. The van der Waals surface area contributed by atoms with E-state index in [1.165, 1.54) is 29.3 Å². The normalized spacial score (nSPS) is 20.1. The number of alkyl halides is 3. The Balaban J connectivity index is 1.20. The first-order chi connectivity index (χ1) is 19.2. The van der Waals surface area contributed by atoms with Crippen molar-refractivity contribution in [3.8, 4) is 34.0 Å². The standard InChI is InChI=1S/C30H27F3N4O3/c1-16-11-19(6-8-22(16)24-3-2-4-25(34)27(24)30(31,32)33)29-36-28(37-40-29)18-5-9-23-17(12-18)7-10-26(23)35-20-13-21(14-20)39-15-38/h2-6,8-9,11-12,15,20-21,26,35H,7,10,13-14,34H2,1H3. The Morgan fingerprint density at radius 3 is 2.62 bits per heavy atom. The highest BCUT2D eigenvalue weighted by atomic mass is 19.4. The maximum Gasteiger partial charge on any atom is 0.418 e. The van der Waals surface area contributed by atoms with Crippen LogP contribution < -0.4 is 11.1 Å². The van der Waals surface area contributed by atoms with Crippen LogP contribution in [0.3, 0.4) is 0 Å². The maximum atomic E-state index is 13.7. The quantitative estimate of drug-likeness (QED) is 0.208. The summed E-state index contributed by atoms with van der Waals surface area (Å²) in [6, 6.07) is 16.0. The van der Waals surface area contributed by atoms with Crippen molar-refractivity contribution in [2.24, 2.45) is 0 Å². The van der Waals surface area contributed by atoms with Gasteiger partial charge in [0.1, 0.15) is 6.10 Å². The van der Waals surface area contributed by atoms with Gasteiger partial charge in [-0.2, -0.15) is 18.2 Å². The Hall–Kier alpha value is -4.18. The highest BCUT2D eigenvalue weighted by Crippen LogP contribution is 2.42. The molecule has 206 valence electrons. The fraction of sp³-hybridized carbons (Fsp3) is 0.300. The van der Waals surface area contributed by atoms with Crippen LogP contribution in [0.1, 0.15) is 47.6 Å². The van der Waals surface area contributed by atoms with Crippen LogP contribution in [0.4, 0.5) is 18.9 Å². The third-order valence-electron chi connectivity index (χ3n) is 7.83. The number of carbonyl (C=O) groups is 1. The number of rotatable bonds is 7. The van der Waals surface area contributed by atoms with Gasteiger partial charge in [-0.25, -0.2) is 0 Å². The number of nitrogens with two attached hydrogens (primary N) is 1. The molecule has 2 aliphatic carbocycles. The summed E-state index contributed by atoms with van der Waals surface area (Å²) in [5.74, 6) is 0.726. The van der Waals surface area contributed by atoms with Gasteiger partial charge in [0.05, 0.1) is 5.56 Å². The number of fused-ring (bicyclic) bond motifs is 1. The highest BCUT2D eigenvalue weighted by Gasteiger charge is 2.36. The molecule has 0 bridgehead atoms. The molecule has 1 fully saturated rings. The van der Waals surface area contributed by atoms with Crippen molar-refractivity contribution in [2.75, 3.05) is 5.73 Å². The van der Waals surface area contributed by atoms with E-state index in [-0.39, 0.29) is 29.3 Å². The van der Waals surface area contributed by atoms with Crippen LogP contribution in [-0.4, -0.2) is 28.8 Å². The summed E-state index contributed by atoms with van der Waals surface area (Å²) in [6.45, 7) is 2.25. The fourth-order valence-electron chi connectivity index (χ4n) is 5.77. The molecule has 7 nitrogen and oxygen atoms in total. The summed E-state index contributed by atoms with van der Waals surface area (Å²) in [5, 5.41) is 7.83. The molecule has 0 amide bonds. The number of aryl methyl sites for hydroxylation is 2. The van der Waals surface area contributed by atoms with Crippen molar-refractivity contribution in [1.82, 2.24) is 15.5 Å². The predicted octanol–water partition coefficient (Wildman–Crippen LogP) is 6.26. The predicted molar refractivity (Wildman–Crippen MR) is 143 cm³/mol. The first kappa shape index (κ1) is 26.1. The lowest BCUT2D eigenvalue weighted by Gasteiger charge is -2.36. The van der Waals surface area contributed by atoms with Gasteiger partial charge in [0.25, 0.3) is 12.4 Å². The second-order valence-electron chi connectivity index (χ2n) is 10.4. The van der Waals surface area contributed by atoms with E-state index in [2.05, 4.69) is 27.6 Å². The van der Waals surface area contributed by atoms with Crippen molar-refractivity contribution in [3.63, 3.8) is 0 Å². The Morgan fingerprint density at radius 1 is 1.07 bits per heavy atom. The molecule has 10 heteroatoms. The summed E-state index contributed by atoms with van der Waals surface area (Å²) >= 11 is 0. The number of carbonyl (C=O) groups excluding carboxylic acids is 1. The van der Waals surface area contributed by atoms with Gasteiger partial charge >= 0.3 is 6.18 Å². The second kappa shape index (κ2) is 10.1. The van der Waals surface area contributed by atoms with Crippen LogP contribution in [-0.2, 0) is 22.1 Å². The minimum atomic E-state index is -4.58. The first-order valence-electron chi connectivity index (χ1n) is 13.1. The molecule has 0 spiro atoms. The number of nitrogen functional groups attached to an aromatic ring is 1. The lowest BCUT2D eigenvalue weighted by molar-refractivity contribution is -0.138. The molecule has 40 heavy (non-hydrogen) atoms. The average molecular weight is 549 g/mol. The lowest BCUT2D eigenvalue weighted by atomic mass is 9.88. The largest absolute Gasteiger partial charge is 0.464 e. The zero-order valence-electron chi connectivity index (χ0n) is 21.7. The number of benzene rings is 3. The second-order valence-corrected chi connectivity index (χ2v) is 10.4. The number of nitrogens with one attached hydrogen (secondary N) is 1. The van der Waals surface area contributed by atoms with E-state index in [4.69, 9.17) is 15.0 Å². The summed E-state index contributed by atoms with van der Waals surface area (Å²) < 4.78 is 51.7. The molecule has 1 aromatic heterocycles. The van der Waals surface area contributed by atoms with Gasteiger partial charge in [-0.1, -0.05) is 35.5 Å². The van der Waals surface area contributed by atoms with E-state index in [0.29, 0.717) is 35.0 Å². The monoisotopic (exact) mass is 548 g/mol. The molecular weight excluding hydrogens is 521 g/mol. The smallest absolute Gasteiger partial charge is 0.418 e. The Bertz CT molecular complexity index is 1580. The van der Waals surface area contributed by atoms with Crippen molar-refractivity contribution in [2.45, 2.75) is 57.0 Å². The lowest BCUT2D eigenvalue weighted by Crippen LogP contribution is -2.46. The maximum absolute atomic E-state index is 13.7. The average Bonchev–Trinajstić information content (AvgIpc) is 3.54. The van der Waals surface area contributed by atoms with Crippen LogP contribution in [0.5, 0.6) is 0 Å². The van der Waals surface area contributed by atoms with Gasteiger partial charge in [0.2, 0.25) is 5.82 Å². The molecule has 0 aliphatic heterocycles. The van der Waals surface area contributed by atoms with Crippen molar-refractivity contribution in [3.05, 3.63) is 76.9 Å². The SMILES string of the molecule is Cc1cc(-c2nc(-c3ccc4c(c3)CCC4NC3CC(OC=O)C3)no2)ccc1-c1cccc(N)c1C(F)(F)F. The summed E-state index contributed by atoms with van der Waals surface area (Å²) in [7, 11) is 0. The van der Waals surface area contributed by atoms with Crippen LogP contribution >= 0.6 is 0 Å². The number of halogens is 3. The van der Waals surface area contributed by atoms with E-state index in [1.54, 1.807) is 25.1 Å². The van der Waals surface area contributed by atoms with E-state index in [9.17, 15) is 18.0 Å². The molecule has 1 unspecified atom stereocenters. The topological polar surface area (TPSA) is 103 Å². The van der Waals surface area contributed by atoms with Crippen LogP contribution in [0.15, 0.2) is 59.1 Å². The van der Waals surface area contributed by atoms with Crippen LogP contribution in [0, 0.1) is 6.92 Å². The molecule has 1 saturated carbocycles. The van der Waals surface area contributed by atoms with Gasteiger partial charge in [0, 0.05) is 28.9 Å². The number of nitrogens with zero attached hydrogens (tertiary/aromatic N) is 2. The van der Waals surface area contributed by atoms with E-state index in [0.717, 1.165) is 31.2 Å². The minimum Gasteiger partial charge on any atom is -0.464 e. The van der Waals surface area contributed by atoms with Gasteiger partial charge < -0.3 is 20.3 Å². The van der Waals surface area contributed by atoms with Crippen LogP contribution in [0.25, 0.3) is 34.0 Å². The Labute approximate surface area is 228 Å². The third-order valence-corrected chi connectivity index (χ3v) is 7.83. The van der Waals surface area contributed by atoms with E-state index >= 15 is 0 Å².